The Morgan fingerprint density at radius 1 is 1.47 bits per heavy atom. The first kappa shape index (κ1) is 11.8. The van der Waals surface area contributed by atoms with Gasteiger partial charge in [-0.25, -0.2) is 0 Å². The molecular formula is C13H14N2OS. The molecule has 1 amide bonds. The van der Waals surface area contributed by atoms with E-state index in [-0.39, 0.29) is 5.91 Å². The summed E-state index contributed by atoms with van der Waals surface area (Å²) >= 11 is 1.65. The summed E-state index contributed by atoms with van der Waals surface area (Å²) in [4.78, 5) is 15.5. The van der Waals surface area contributed by atoms with E-state index in [0.29, 0.717) is 13.0 Å². The van der Waals surface area contributed by atoms with Crippen LogP contribution in [0.5, 0.6) is 0 Å². The molecule has 3 nitrogen and oxygen atoms in total. The Bertz CT molecular complexity index is 494. The highest BCUT2D eigenvalue weighted by molar-refractivity contribution is 7.08. The summed E-state index contributed by atoms with van der Waals surface area (Å²) in [5.41, 5.74) is 3.15. The van der Waals surface area contributed by atoms with Crippen molar-refractivity contribution in [3.8, 4) is 11.3 Å². The number of aromatic nitrogens is 1. The van der Waals surface area contributed by atoms with Gasteiger partial charge in [-0.05, 0) is 29.1 Å². The van der Waals surface area contributed by atoms with Gasteiger partial charge in [0.05, 0.1) is 5.69 Å². The van der Waals surface area contributed by atoms with Crippen LogP contribution in [0.4, 0.5) is 0 Å². The zero-order valence-corrected chi connectivity index (χ0v) is 10.5. The fraction of sp³-hybridized carbons (Fsp3) is 0.231. The Morgan fingerprint density at radius 2 is 2.35 bits per heavy atom. The Balaban J connectivity index is 2.09. The molecule has 2 aromatic heterocycles. The van der Waals surface area contributed by atoms with Gasteiger partial charge in [-0.3, -0.25) is 9.78 Å². The topological polar surface area (TPSA) is 42.0 Å². The van der Waals surface area contributed by atoms with Crippen LogP contribution >= 0.6 is 11.3 Å². The minimum Gasteiger partial charge on any atom is -0.352 e. The molecule has 0 aliphatic heterocycles. The van der Waals surface area contributed by atoms with Crippen LogP contribution in [0.1, 0.15) is 18.9 Å². The highest BCUT2D eigenvalue weighted by Gasteiger charge is 2.02. The van der Waals surface area contributed by atoms with Gasteiger partial charge < -0.3 is 5.32 Å². The second-order valence-electron chi connectivity index (χ2n) is 3.69. The maximum Gasteiger partial charge on any atom is 0.219 e. The minimum absolute atomic E-state index is 0.0684. The van der Waals surface area contributed by atoms with E-state index in [1.54, 1.807) is 17.5 Å². The molecule has 17 heavy (non-hydrogen) atoms. The summed E-state index contributed by atoms with van der Waals surface area (Å²) in [6.07, 6.45) is 2.29. The highest BCUT2D eigenvalue weighted by Crippen LogP contribution is 2.20. The molecule has 0 fully saturated rings. The van der Waals surface area contributed by atoms with E-state index in [9.17, 15) is 4.79 Å². The number of amides is 1. The number of nitrogens with one attached hydrogen (secondary N) is 1. The van der Waals surface area contributed by atoms with Crippen molar-refractivity contribution < 1.29 is 4.79 Å². The average molecular weight is 246 g/mol. The third kappa shape index (κ3) is 3.14. The van der Waals surface area contributed by atoms with Crippen molar-refractivity contribution in [1.82, 2.24) is 10.3 Å². The van der Waals surface area contributed by atoms with Crippen LogP contribution in [0.15, 0.2) is 35.2 Å². The Hall–Kier alpha value is -1.68. The second kappa shape index (κ2) is 5.59. The molecule has 4 heteroatoms. The summed E-state index contributed by atoms with van der Waals surface area (Å²) in [6, 6.07) is 5.98. The van der Waals surface area contributed by atoms with Crippen LogP contribution in [-0.4, -0.2) is 10.9 Å². The number of rotatable bonds is 4. The van der Waals surface area contributed by atoms with Gasteiger partial charge in [0.1, 0.15) is 0 Å². The Morgan fingerprint density at radius 3 is 3.06 bits per heavy atom. The minimum atomic E-state index is 0.0684. The number of pyridine rings is 1. The molecule has 1 N–H and O–H groups in total. The van der Waals surface area contributed by atoms with Crippen LogP contribution in [0.2, 0.25) is 0 Å². The van der Waals surface area contributed by atoms with Crippen LogP contribution in [0, 0.1) is 0 Å². The van der Waals surface area contributed by atoms with Crippen LogP contribution in [0.3, 0.4) is 0 Å². The lowest BCUT2D eigenvalue weighted by Crippen LogP contribution is -2.21. The van der Waals surface area contributed by atoms with E-state index >= 15 is 0 Å². The average Bonchev–Trinajstić information content (AvgIpc) is 2.90. The molecule has 0 unspecified atom stereocenters. The van der Waals surface area contributed by atoms with E-state index in [4.69, 9.17) is 0 Å². The van der Waals surface area contributed by atoms with Crippen molar-refractivity contribution in [1.29, 1.82) is 0 Å². The maximum absolute atomic E-state index is 11.2. The first-order chi connectivity index (χ1) is 8.29. The van der Waals surface area contributed by atoms with Crippen LogP contribution in [0.25, 0.3) is 11.3 Å². The smallest absolute Gasteiger partial charge is 0.219 e. The zero-order valence-electron chi connectivity index (χ0n) is 9.64. The largest absolute Gasteiger partial charge is 0.352 e. The van der Waals surface area contributed by atoms with Gasteiger partial charge in [0.15, 0.2) is 0 Å². The van der Waals surface area contributed by atoms with E-state index in [1.165, 1.54) is 0 Å². The molecule has 2 aromatic rings. The highest BCUT2D eigenvalue weighted by atomic mass is 32.1. The third-order valence-corrected chi connectivity index (χ3v) is 3.14. The Kier molecular flexibility index (Phi) is 3.88. The molecule has 0 aliphatic rings. The predicted octanol–water partition coefficient (Wildman–Crippen LogP) is 2.84. The molecule has 0 aliphatic carbocycles. The van der Waals surface area contributed by atoms with Gasteiger partial charge >= 0.3 is 0 Å². The summed E-state index contributed by atoms with van der Waals surface area (Å²) in [5.74, 6) is 0.0684. The Labute approximate surface area is 105 Å². The van der Waals surface area contributed by atoms with Gasteiger partial charge in [0.2, 0.25) is 5.91 Å². The van der Waals surface area contributed by atoms with Crippen molar-refractivity contribution in [3.05, 3.63) is 40.7 Å². The number of thiophene rings is 1. The van der Waals surface area contributed by atoms with Crippen molar-refractivity contribution in [3.63, 3.8) is 0 Å². The molecule has 88 valence electrons. The van der Waals surface area contributed by atoms with Crippen LogP contribution in [-0.2, 0) is 11.3 Å². The van der Waals surface area contributed by atoms with Crippen LogP contribution < -0.4 is 5.32 Å². The quantitative estimate of drug-likeness (QED) is 0.901. The number of carbonyl (C=O) groups excluding carboxylic acids is 1. The number of hydrogen-bond donors (Lipinski definition) is 1. The normalized spacial score (nSPS) is 10.2. The standard InChI is InChI=1S/C13H14N2OS/c1-2-13(16)15-8-10-3-5-14-12(7-10)11-4-6-17-9-11/h3-7,9H,2,8H2,1H3,(H,15,16). The van der Waals surface area contributed by atoms with Gasteiger partial charge in [-0.15, -0.1) is 0 Å². The number of carbonyl (C=O) groups is 1. The number of hydrogen-bond acceptors (Lipinski definition) is 3. The van der Waals surface area contributed by atoms with Crippen molar-refractivity contribution in [2.24, 2.45) is 0 Å². The summed E-state index contributed by atoms with van der Waals surface area (Å²) in [5, 5.41) is 6.95. The molecule has 0 bridgehead atoms. The number of nitrogens with zero attached hydrogens (tertiary/aromatic N) is 1. The third-order valence-electron chi connectivity index (χ3n) is 2.45. The van der Waals surface area contributed by atoms with E-state index in [0.717, 1.165) is 16.8 Å². The van der Waals surface area contributed by atoms with E-state index in [2.05, 4.69) is 15.7 Å². The molecule has 0 radical (unpaired) electrons. The summed E-state index contributed by atoms with van der Waals surface area (Å²) in [6.45, 7) is 2.41. The maximum atomic E-state index is 11.2. The van der Waals surface area contributed by atoms with Crippen molar-refractivity contribution in [2.45, 2.75) is 19.9 Å². The lowest BCUT2D eigenvalue weighted by molar-refractivity contribution is -0.120. The molecule has 0 spiro atoms. The fourth-order valence-electron chi connectivity index (χ4n) is 1.48. The first-order valence-corrected chi connectivity index (χ1v) is 6.48. The van der Waals surface area contributed by atoms with Gasteiger partial charge in [0, 0.05) is 30.1 Å². The molecule has 0 aromatic carbocycles. The van der Waals surface area contributed by atoms with E-state index in [1.807, 2.05) is 30.5 Å². The van der Waals surface area contributed by atoms with Crippen molar-refractivity contribution in [2.75, 3.05) is 0 Å². The molecule has 2 heterocycles. The van der Waals surface area contributed by atoms with Gasteiger partial charge in [0.25, 0.3) is 0 Å². The lowest BCUT2D eigenvalue weighted by Gasteiger charge is -2.05. The van der Waals surface area contributed by atoms with Crippen molar-refractivity contribution >= 4 is 17.2 Å². The molecule has 0 saturated heterocycles. The van der Waals surface area contributed by atoms with E-state index < -0.39 is 0 Å². The monoisotopic (exact) mass is 246 g/mol. The first-order valence-electron chi connectivity index (χ1n) is 5.54. The summed E-state index contributed by atoms with van der Waals surface area (Å²) in [7, 11) is 0. The fourth-order valence-corrected chi connectivity index (χ4v) is 2.13. The second-order valence-corrected chi connectivity index (χ2v) is 4.47. The predicted molar refractivity (Wildman–Crippen MR) is 69.7 cm³/mol. The zero-order chi connectivity index (χ0) is 12.1. The molecule has 0 saturated carbocycles. The molecule has 2 rings (SSSR count). The van der Waals surface area contributed by atoms with Gasteiger partial charge in [-0.2, -0.15) is 11.3 Å². The SMILES string of the molecule is CCC(=O)NCc1ccnc(-c2ccsc2)c1. The lowest BCUT2D eigenvalue weighted by atomic mass is 10.1. The summed E-state index contributed by atoms with van der Waals surface area (Å²) < 4.78 is 0. The molecule has 0 atom stereocenters. The molecular weight excluding hydrogens is 232 g/mol. The van der Waals surface area contributed by atoms with Gasteiger partial charge in [-0.1, -0.05) is 6.92 Å².